The minimum Gasteiger partial charge on any atom is -0.429 e. The number of hydrogen-bond donors (Lipinski definition) is 0. The van der Waals surface area contributed by atoms with Gasteiger partial charge in [0, 0.05) is 0 Å². The van der Waals surface area contributed by atoms with Crippen molar-refractivity contribution in [2.45, 2.75) is 96.0 Å². The van der Waals surface area contributed by atoms with Crippen molar-refractivity contribution in [1.29, 1.82) is 5.26 Å². The van der Waals surface area contributed by atoms with Crippen molar-refractivity contribution in [2.24, 2.45) is 17.8 Å². The second kappa shape index (κ2) is 12.3. The standard InChI is InChI=1S/C31H37F4NO/c1-2-3-21-4-6-22(7-5-21)8-9-23-10-12-24(13-11-23)25-14-16-27(17-15-25)37-31(34,35)26-18-29(32)28(20-36)30(33)19-26/h14-19,21-24H,2-13H2,1H3. The van der Waals surface area contributed by atoms with Crippen LogP contribution in [0.2, 0.25) is 0 Å². The lowest BCUT2D eigenvalue weighted by atomic mass is 9.74. The Hall–Kier alpha value is -2.55. The topological polar surface area (TPSA) is 33.0 Å². The maximum absolute atomic E-state index is 14.6. The molecule has 0 aliphatic heterocycles. The number of ether oxygens (including phenoxy) is 1. The van der Waals surface area contributed by atoms with E-state index in [0.717, 1.165) is 36.2 Å². The molecule has 0 bridgehead atoms. The third kappa shape index (κ3) is 7.06. The van der Waals surface area contributed by atoms with E-state index in [2.05, 4.69) is 6.92 Å². The summed E-state index contributed by atoms with van der Waals surface area (Å²) in [5, 5.41) is 8.73. The summed E-state index contributed by atoms with van der Waals surface area (Å²) in [5.41, 5.74) is -0.759. The highest BCUT2D eigenvalue weighted by molar-refractivity contribution is 5.37. The van der Waals surface area contributed by atoms with Gasteiger partial charge < -0.3 is 4.74 Å². The molecule has 6 heteroatoms. The largest absolute Gasteiger partial charge is 0.429 e. The van der Waals surface area contributed by atoms with Gasteiger partial charge in [-0.15, -0.1) is 0 Å². The second-order valence-corrected chi connectivity index (χ2v) is 11.1. The molecule has 2 aliphatic carbocycles. The molecule has 2 saturated carbocycles. The van der Waals surface area contributed by atoms with Crippen LogP contribution < -0.4 is 4.74 Å². The van der Waals surface area contributed by atoms with Crippen LogP contribution in [0, 0.1) is 40.7 Å². The molecule has 2 aromatic carbocycles. The zero-order valence-electron chi connectivity index (χ0n) is 21.6. The van der Waals surface area contributed by atoms with E-state index in [1.165, 1.54) is 82.4 Å². The van der Waals surface area contributed by atoms with Crippen molar-refractivity contribution in [3.63, 3.8) is 0 Å². The third-order valence-electron chi connectivity index (χ3n) is 8.58. The van der Waals surface area contributed by atoms with Crippen LogP contribution in [0.3, 0.4) is 0 Å². The zero-order chi connectivity index (χ0) is 26.4. The highest BCUT2D eigenvalue weighted by atomic mass is 19.3. The quantitative estimate of drug-likeness (QED) is 0.312. The molecule has 2 aliphatic rings. The summed E-state index contributed by atoms with van der Waals surface area (Å²) >= 11 is 0. The Morgan fingerprint density at radius 1 is 0.811 bits per heavy atom. The first kappa shape index (κ1) is 27.5. The number of benzene rings is 2. The molecule has 200 valence electrons. The molecule has 2 fully saturated rings. The Kier molecular flexibility index (Phi) is 9.16. The Morgan fingerprint density at radius 2 is 1.30 bits per heavy atom. The van der Waals surface area contributed by atoms with E-state index < -0.39 is 28.9 Å². The molecule has 4 rings (SSSR count). The molecule has 0 atom stereocenters. The summed E-state index contributed by atoms with van der Waals surface area (Å²) in [6.07, 6.45) is 11.7. The van der Waals surface area contributed by atoms with Crippen molar-refractivity contribution in [3.8, 4) is 11.8 Å². The van der Waals surface area contributed by atoms with Gasteiger partial charge in [0.15, 0.2) is 0 Å². The van der Waals surface area contributed by atoms with Crippen LogP contribution in [0.1, 0.15) is 107 Å². The minimum atomic E-state index is -3.94. The van der Waals surface area contributed by atoms with Crippen LogP contribution in [-0.2, 0) is 6.11 Å². The first-order valence-corrected chi connectivity index (χ1v) is 13.9. The molecule has 37 heavy (non-hydrogen) atoms. The lowest BCUT2D eigenvalue weighted by Crippen LogP contribution is -2.22. The monoisotopic (exact) mass is 515 g/mol. The van der Waals surface area contributed by atoms with Gasteiger partial charge in [-0.1, -0.05) is 70.4 Å². The number of nitrogens with zero attached hydrogens (tertiary/aromatic N) is 1. The molecule has 2 nitrogen and oxygen atoms in total. The van der Waals surface area contributed by atoms with Crippen LogP contribution >= 0.6 is 0 Å². The van der Waals surface area contributed by atoms with E-state index in [1.807, 2.05) is 12.1 Å². The summed E-state index contributed by atoms with van der Waals surface area (Å²) in [6, 6.07) is 8.79. The average molecular weight is 516 g/mol. The molecule has 0 unspecified atom stereocenters. The average Bonchev–Trinajstić information content (AvgIpc) is 2.89. The lowest BCUT2D eigenvalue weighted by molar-refractivity contribution is -0.185. The van der Waals surface area contributed by atoms with Gasteiger partial charge in [-0.3, -0.25) is 0 Å². The normalized spacial score (nSPS) is 24.4. The molecular weight excluding hydrogens is 478 g/mol. The van der Waals surface area contributed by atoms with Crippen LogP contribution in [-0.4, -0.2) is 0 Å². The predicted molar refractivity (Wildman–Crippen MR) is 136 cm³/mol. The summed E-state index contributed by atoms with van der Waals surface area (Å²) in [7, 11) is 0. The third-order valence-corrected chi connectivity index (χ3v) is 8.58. The summed E-state index contributed by atoms with van der Waals surface area (Å²) in [6.45, 7) is 2.29. The van der Waals surface area contributed by atoms with Crippen molar-refractivity contribution in [1.82, 2.24) is 0 Å². The fraction of sp³-hybridized carbons (Fsp3) is 0.581. The lowest BCUT2D eigenvalue weighted by Gasteiger charge is -2.32. The number of rotatable bonds is 9. The van der Waals surface area contributed by atoms with Gasteiger partial charge in [0.05, 0.1) is 5.56 Å². The van der Waals surface area contributed by atoms with Crippen molar-refractivity contribution >= 4 is 0 Å². The SMILES string of the molecule is CCCC1CCC(CCC2CCC(c3ccc(OC(F)(F)c4cc(F)c(C#N)c(F)c4)cc3)CC2)CC1. The molecular formula is C31H37F4NO. The number of halogens is 4. The minimum absolute atomic E-state index is 0.0822. The highest BCUT2D eigenvalue weighted by Crippen LogP contribution is 2.41. The van der Waals surface area contributed by atoms with E-state index in [1.54, 1.807) is 0 Å². The first-order chi connectivity index (χ1) is 17.8. The van der Waals surface area contributed by atoms with Gasteiger partial charge in [0.1, 0.15) is 29.0 Å². The fourth-order valence-corrected chi connectivity index (χ4v) is 6.34. The Labute approximate surface area is 218 Å². The van der Waals surface area contributed by atoms with E-state index >= 15 is 0 Å². The maximum atomic E-state index is 14.6. The van der Waals surface area contributed by atoms with E-state index in [0.29, 0.717) is 18.1 Å². The molecule has 0 radical (unpaired) electrons. The number of nitriles is 1. The van der Waals surface area contributed by atoms with Crippen LogP contribution in [0.15, 0.2) is 36.4 Å². The molecule has 0 saturated heterocycles. The molecule has 2 aromatic rings. The molecule has 0 heterocycles. The van der Waals surface area contributed by atoms with Gasteiger partial charge in [-0.25, -0.2) is 8.78 Å². The smallest absolute Gasteiger partial charge is 0.426 e. The van der Waals surface area contributed by atoms with Crippen LogP contribution in [0.4, 0.5) is 17.6 Å². The summed E-state index contributed by atoms with van der Waals surface area (Å²) in [4.78, 5) is 0. The van der Waals surface area contributed by atoms with Gasteiger partial charge in [0.25, 0.3) is 0 Å². The van der Waals surface area contributed by atoms with Gasteiger partial charge >= 0.3 is 6.11 Å². The fourth-order valence-electron chi connectivity index (χ4n) is 6.34. The molecule has 0 spiro atoms. The maximum Gasteiger partial charge on any atom is 0.426 e. The predicted octanol–water partition coefficient (Wildman–Crippen LogP) is 9.63. The van der Waals surface area contributed by atoms with Gasteiger partial charge in [0.2, 0.25) is 0 Å². The first-order valence-electron chi connectivity index (χ1n) is 13.9. The van der Waals surface area contributed by atoms with Crippen molar-refractivity contribution in [3.05, 3.63) is 64.7 Å². The Balaban J connectivity index is 1.25. The highest BCUT2D eigenvalue weighted by Gasteiger charge is 2.36. The van der Waals surface area contributed by atoms with Crippen molar-refractivity contribution in [2.75, 3.05) is 0 Å². The molecule has 0 aromatic heterocycles. The van der Waals surface area contributed by atoms with E-state index in [4.69, 9.17) is 10.00 Å². The number of hydrogen-bond acceptors (Lipinski definition) is 2. The van der Waals surface area contributed by atoms with Gasteiger partial charge in [-0.2, -0.15) is 14.0 Å². The molecule has 0 amide bonds. The molecule has 0 N–H and O–H groups in total. The number of alkyl halides is 2. The van der Waals surface area contributed by atoms with Crippen molar-refractivity contribution < 1.29 is 22.3 Å². The van der Waals surface area contributed by atoms with Gasteiger partial charge in [-0.05, 0) is 79.2 Å². The van der Waals surface area contributed by atoms with E-state index in [-0.39, 0.29) is 5.75 Å². The Bertz CT molecular complexity index is 1040. The van der Waals surface area contributed by atoms with Crippen LogP contribution in [0.25, 0.3) is 0 Å². The summed E-state index contributed by atoms with van der Waals surface area (Å²) in [5.74, 6) is 0.310. The Morgan fingerprint density at radius 3 is 1.78 bits per heavy atom. The van der Waals surface area contributed by atoms with Crippen LogP contribution in [0.5, 0.6) is 5.75 Å². The zero-order valence-corrected chi connectivity index (χ0v) is 21.6. The van der Waals surface area contributed by atoms with E-state index in [9.17, 15) is 17.6 Å². The second-order valence-electron chi connectivity index (χ2n) is 11.1. The summed E-state index contributed by atoms with van der Waals surface area (Å²) < 4.78 is 61.5.